The van der Waals surface area contributed by atoms with E-state index in [4.69, 9.17) is 5.73 Å². The fraction of sp³-hybridized carbons (Fsp3) is 0.286. The normalized spacial score (nSPS) is 12.4. The van der Waals surface area contributed by atoms with Gasteiger partial charge in [-0.2, -0.15) is 0 Å². The van der Waals surface area contributed by atoms with Crippen molar-refractivity contribution in [3.8, 4) is 0 Å². The molecule has 3 heteroatoms. The van der Waals surface area contributed by atoms with Crippen molar-refractivity contribution in [3.05, 3.63) is 59.7 Å². The highest BCUT2D eigenvalue weighted by Crippen LogP contribution is 2.14. The number of hydrogen-bond acceptors (Lipinski definition) is 3. The van der Waals surface area contributed by atoms with E-state index in [1.54, 1.807) is 12.4 Å². The van der Waals surface area contributed by atoms with E-state index >= 15 is 0 Å². The second-order valence-corrected chi connectivity index (χ2v) is 4.10. The number of pyridine rings is 2. The van der Waals surface area contributed by atoms with Gasteiger partial charge in [-0.25, -0.2) is 0 Å². The molecule has 0 fully saturated rings. The van der Waals surface area contributed by atoms with E-state index in [0.717, 1.165) is 24.1 Å². The molecular formula is C14H17N3. The molecule has 0 spiro atoms. The molecule has 0 aromatic carbocycles. The van der Waals surface area contributed by atoms with Crippen LogP contribution >= 0.6 is 0 Å². The van der Waals surface area contributed by atoms with Crippen molar-refractivity contribution in [2.75, 3.05) is 0 Å². The molecule has 2 heterocycles. The van der Waals surface area contributed by atoms with Gasteiger partial charge in [0.15, 0.2) is 0 Å². The van der Waals surface area contributed by atoms with E-state index in [0.29, 0.717) is 0 Å². The van der Waals surface area contributed by atoms with Gasteiger partial charge >= 0.3 is 0 Å². The van der Waals surface area contributed by atoms with Crippen LogP contribution in [0.3, 0.4) is 0 Å². The highest BCUT2D eigenvalue weighted by atomic mass is 14.7. The minimum atomic E-state index is -0.0158. The molecule has 0 saturated heterocycles. The summed E-state index contributed by atoms with van der Waals surface area (Å²) in [6.45, 7) is 2.12. The van der Waals surface area contributed by atoms with Gasteiger partial charge < -0.3 is 5.73 Å². The van der Waals surface area contributed by atoms with Gasteiger partial charge in [0.25, 0.3) is 0 Å². The Balaban J connectivity index is 2.05. The zero-order valence-corrected chi connectivity index (χ0v) is 10.0. The lowest BCUT2D eigenvalue weighted by Crippen LogP contribution is -2.14. The Morgan fingerprint density at radius 3 is 2.53 bits per heavy atom. The minimum absolute atomic E-state index is 0.0158. The predicted molar refractivity (Wildman–Crippen MR) is 68.5 cm³/mol. The third kappa shape index (κ3) is 3.11. The van der Waals surface area contributed by atoms with Gasteiger partial charge in [-0.3, -0.25) is 9.97 Å². The monoisotopic (exact) mass is 227 g/mol. The Kier molecular flexibility index (Phi) is 3.83. The third-order valence-electron chi connectivity index (χ3n) is 2.86. The van der Waals surface area contributed by atoms with Crippen molar-refractivity contribution in [2.45, 2.75) is 25.8 Å². The molecule has 2 aromatic rings. The third-order valence-corrected chi connectivity index (χ3v) is 2.86. The molecule has 1 atom stereocenters. The van der Waals surface area contributed by atoms with Gasteiger partial charge in [0.1, 0.15) is 0 Å². The number of rotatable bonds is 4. The highest BCUT2D eigenvalue weighted by Gasteiger charge is 2.07. The van der Waals surface area contributed by atoms with Gasteiger partial charge in [0.2, 0.25) is 0 Å². The van der Waals surface area contributed by atoms with E-state index in [1.807, 2.05) is 18.3 Å². The molecule has 2 aromatic heterocycles. The molecule has 17 heavy (non-hydrogen) atoms. The van der Waals surface area contributed by atoms with Crippen LogP contribution in [0, 0.1) is 0 Å². The molecule has 2 N–H and O–H groups in total. The fourth-order valence-electron chi connectivity index (χ4n) is 1.74. The second-order valence-electron chi connectivity index (χ2n) is 4.10. The largest absolute Gasteiger partial charge is 0.324 e. The number of nitrogens with two attached hydrogens (primary N) is 1. The van der Waals surface area contributed by atoms with E-state index in [1.165, 1.54) is 5.56 Å². The average molecular weight is 227 g/mol. The van der Waals surface area contributed by atoms with Crippen LogP contribution in [0.5, 0.6) is 0 Å². The van der Waals surface area contributed by atoms with Crippen molar-refractivity contribution in [1.29, 1.82) is 0 Å². The van der Waals surface area contributed by atoms with Crippen LogP contribution in [-0.2, 0) is 12.8 Å². The van der Waals surface area contributed by atoms with Crippen LogP contribution in [0.4, 0.5) is 0 Å². The molecule has 0 saturated carbocycles. The maximum Gasteiger partial charge on any atom is 0.0422 e. The Hall–Kier alpha value is -1.74. The van der Waals surface area contributed by atoms with E-state index < -0.39 is 0 Å². The summed E-state index contributed by atoms with van der Waals surface area (Å²) < 4.78 is 0. The van der Waals surface area contributed by atoms with Gasteiger partial charge in [0, 0.05) is 36.7 Å². The van der Waals surface area contributed by atoms with Gasteiger partial charge in [-0.1, -0.05) is 13.0 Å². The maximum absolute atomic E-state index is 6.13. The smallest absolute Gasteiger partial charge is 0.0422 e. The van der Waals surface area contributed by atoms with Crippen LogP contribution in [0.2, 0.25) is 0 Å². The summed E-state index contributed by atoms with van der Waals surface area (Å²) in [4.78, 5) is 8.41. The zero-order valence-electron chi connectivity index (χ0n) is 10.0. The van der Waals surface area contributed by atoms with E-state index in [-0.39, 0.29) is 6.04 Å². The molecule has 0 aliphatic rings. The lowest BCUT2D eigenvalue weighted by molar-refractivity contribution is 0.704. The summed E-state index contributed by atoms with van der Waals surface area (Å²) in [7, 11) is 0. The summed E-state index contributed by atoms with van der Waals surface area (Å²) in [5.41, 5.74) is 9.52. The van der Waals surface area contributed by atoms with E-state index in [9.17, 15) is 0 Å². The number of aryl methyl sites for hydroxylation is 1. The number of hydrogen-bond donors (Lipinski definition) is 1. The van der Waals surface area contributed by atoms with Crippen LogP contribution in [0.1, 0.15) is 29.8 Å². The second kappa shape index (κ2) is 5.55. The zero-order chi connectivity index (χ0) is 12.1. The molecule has 88 valence electrons. The number of aromatic nitrogens is 2. The Labute approximate surface area is 102 Å². The quantitative estimate of drug-likeness (QED) is 0.871. The molecule has 0 aliphatic heterocycles. The van der Waals surface area contributed by atoms with Crippen molar-refractivity contribution >= 4 is 0 Å². The standard InChI is InChI=1S/C14H17N3/c1-2-11-3-4-13(17-10-11)9-14(15)12-5-7-16-8-6-12/h3-8,10,14H,2,9,15H2,1H3. The molecule has 1 unspecified atom stereocenters. The first kappa shape index (κ1) is 11.7. The summed E-state index contributed by atoms with van der Waals surface area (Å²) in [5.74, 6) is 0. The Morgan fingerprint density at radius 1 is 1.18 bits per heavy atom. The first-order valence-electron chi connectivity index (χ1n) is 5.89. The fourth-order valence-corrected chi connectivity index (χ4v) is 1.74. The highest BCUT2D eigenvalue weighted by molar-refractivity contribution is 5.19. The van der Waals surface area contributed by atoms with Gasteiger partial charge in [-0.05, 0) is 35.7 Å². The first-order chi connectivity index (χ1) is 8.29. The van der Waals surface area contributed by atoms with Crippen molar-refractivity contribution in [2.24, 2.45) is 5.73 Å². The van der Waals surface area contributed by atoms with Gasteiger partial charge in [-0.15, -0.1) is 0 Å². The van der Waals surface area contributed by atoms with Crippen molar-refractivity contribution in [1.82, 2.24) is 9.97 Å². The molecule has 3 nitrogen and oxygen atoms in total. The van der Waals surface area contributed by atoms with Crippen molar-refractivity contribution < 1.29 is 0 Å². The maximum atomic E-state index is 6.13. The Bertz CT molecular complexity index is 451. The summed E-state index contributed by atoms with van der Waals surface area (Å²) in [6, 6.07) is 8.05. The average Bonchev–Trinajstić information content (AvgIpc) is 2.40. The molecule has 2 rings (SSSR count). The molecular weight excluding hydrogens is 210 g/mol. The molecule has 0 radical (unpaired) electrons. The van der Waals surface area contributed by atoms with Gasteiger partial charge in [0.05, 0.1) is 0 Å². The SMILES string of the molecule is CCc1ccc(CC(N)c2ccncc2)nc1. The first-order valence-corrected chi connectivity index (χ1v) is 5.89. The number of nitrogens with zero attached hydrogens (tertiary/aromatic N) is 2. The van der Waals surface area contributed by atoms with Crippen LogP contribution in [-0.4, -0.2) is 9.97 Å². The lowest BCUT2D eigenvalue weighted by Gasteiger charge is -2.11. The predicted octanol–water partition coefficient (Wildman–Crippen LogP) is 2.28. The van der Waals surface area contributed by atoms with Crippen LogP contribution < -0.4 is 5.73 Å². The molecule has 0 amide bonds. The molecule has 0 aliphatic carbocycles. The van der Waals surface area contributed by atoms with Crippen molar-refractivity contribution in [3.63, 3.8) is 0 Å². The minimum Gasteiger partial charge on any atom is -0.324 e. The summed E-state index contributed by atoms with van der Waals surface area (Å²) in [6.07, 6.45) is 7.23. The van der Waals surface area contributed by atoms with E-state index in [2.05, 4.69) is 29.0 Å². The summed E-state index contributed by atoms with van der Waals surface area (Å²) >= 11 is 0. The lowest BCUT2D eigenvalue weighted by atomic mass is 10.0. The summed E-state index contributed by atoms with van der Waals surface area (Å²) in [5, 5.41) is 0. The molecule has 0 bridgehead atoms. The Morgan fingerprint density at radius 2 is 1.94 bits per heavy atom. The van der Waals surface area contributed by atoms with Crippen LogP contribution in [0.15, 0.2) is 42.9 Å². The van der Waals surface area contributed by atoms with Crippen LogP contribution in [0.25, 0.3) is 0 Å². The topological polar surface area (TPSA) is 51.8 Å².